The van der Waals surface area contributed by atoms with Crippen molar-refractivity contribution in [3.8, 4) is 17.8 Å². The second-order valence-electron chi connectivity index (χ2n) is 5.57. The fourth-order valence-corrected chi connectivity index (χ4v) is 1.64. The van der Waals surface area contributed by atoms with Gasteiger partial charge in [-0.05, 0) is 52.0 Å². The third-order valence-electron chi connectivity index (χ3n) is 2.65. The number of carbonyl (C=O) groups excluding carboxylic acids is 1. The van der Waals surface area contributed by atoms with Crippen molar-refractivity contribution in [1.82, 2.24) is 4.90 Å². The summed E-state index contributed by atoms with van der Waals surface area (Å²) in [6.07, 6.45) is 1.25. The zero-order chi connectivity index (χ0) is 16.6. The molecule has 0 atom stereocenters. The van der Waals surface area contributed by atoms with Gasteiger partial charge in [0.1, 0.15) is 23.7 Å². The van der Waals surface area contributed by atoms with E-state index in [-0.39, 0.29) is 6.09 Å². The second kappa shape index (κ2) is 8.13. The number of benzene rings is 1. The minimum Gasteiger partial charge on any atom is -0.492 e. The highest BCUT2D eigenvalue weighted by Crippen LogP contribution is 2.17. The lowest BCUT2D eigenvalue weighted by molar-refractivity contribution is 0.0237. The van der Waals surface area contributed by atoms with Gasteiger partial charge in [-0.25, -0.2) is 4.79 Å². The van der Waals surface area contributed by atoms with E-state index in [4.69, 9.17) is 14.7 Å². The van der Waals surface area contributed by atoms with Crippen LogP contribution in [-0.2, 0) is 4.74 Å². The van der Waals surface area contributed by atoms with E-state index in [1.807, 2.05) is 27.7 Å². The van der Waals surface area contributed by atoms with E-state index in [0.29, 0.717) is 31.2 Å². The van der Waals surface area contributed by atoms with Crippen LogP contribution < -0.4 is 9.47 Å². The Morgan fingerprint density at radius 1 is 1.23 bits per heavy atom. The van der Waals surface area contributed by atoms with E-state index in [1.165, 1.54) is 0 Å². The Balaban J connectivity index is 2.44. The number of likely N-dealkylation sites (N-methyl/N-ethyl adjacent to an activating group) is 1. The predicted octanol–water partition coefficient (Wildman–Crippen LogP) is 3.18. The summed E-state index contributed by atoms with van der Waals surface area (Å²) < 4.78 is 15.6. The molecule has 0 saturated carbocycles. The highest BCUT2D eigenvalue weighted by atomic mass is 16.6. The minimum atomic E-state index is -0.512. The average molecular weight is 306 g/mol. The van der Waals surface area contributed by atoms with Gasteiger partial charge >= 0.3 is 6.09 Å². The molecular weight excluding hydrogens is 284 g/mol. The van der Waals surface area contributed by atoms with Gasteiger partial charge in [-0.15, -0.1) is 5.26 Å². The highest BCUT2D eigenvalue weighted by Gasteiger charge is 2.20. The number of rotatable bonds is 6. The fraction of sp³-hybridized carbons (Fsp3) is 0.500. The van der Waals surface area contributed by atoms with E-state index < -0.39 is 5.60 Å². The summed E-state index contributed by atoms with van der Waals surface area (Å²) in [6.45, 7) is 8.72. The van der Waals surface area contributed by atoms with Crippen LogP contribution in [0.3, 0.4) is 0 Å². The molecule has 1 aromatic carbocycles. The Labute approximate surface area is 131 Å². The number of nitriles is 1. The van der Waals surface area contributed by atoms with Gasteiger partial charge in [0.05, 0.1) is 6.54 Å². The molecule has 0 bridgehead atoms. The first-order valence-corrected chi connectivity index (χ1v) is 7.12. The molecule has 0 radical (unpaired) electrons. The Hall–Kier alpha value is -2.42. The number of hydrogen-bond donors (Lipinski definition) is 0. The fourth-order valence-electron chi connectivity index (χ4n) is 1.64. The molecule has 0 fully saturated rings. The summed E-state index contributed by atoms with van der Waals surface area (Å²) in [5.74, 6) is 1.10. The maximum Gasteiger partial charge on any atom is 0.410 e. The van der Waals surface area contributed by atoms with Crippen LogP contribution in [0.1, 0.15) is 27.7 Å². The molecule has 22 heavy (non-hydrogen) atoms. The van der Waals surface area contributed by atoms with Gasteiger partial charge in [0.15, 0.2) is 0 Å². The van der Waals surface area contributed by atoms with E-state index in [2.05, 4.69) is 4.74 Å². The molecule has 0 aromatic heterocycles. The van der Waals surface area contributed by atoms with Gasteiger partial charge in [0.25, 0.3) is 6.26 Å². The van der Waals surface area contributed by atoms with Crippen molar-refractivity contribution in [2.24, 2.45) is 0 Å². The van der Waals surface area contributed by atoms with E-state index >= 15 is 0 Å². The molecule has 0 aliphatic rings. The molecule has 120 valence electrons. The molecule has 1 rings (SSSR count). The summed E-state index contributed by atoms with van der Waals surface area (Å²) in [5, 5.41) is 8.40. The maximum absolute atomic E-state index is 11.9. The van der Waals surface area contributed by atoms with Crippen LogP contribution in [0.25, 0.3) is 0 Å². The van der Waals surface area contributed by atoms with Gasteiger partial charge in [-0.3, -0.25) is 0 Å². The second-order valence-corrected chi connectivity index (χ2v) is 5.57. The molecule has 6 heteroatoms. The van der Waals surface area contributed by atoms with E-state index in [0.717, 1.165) is 0 Å². The number of ether oxygens (including phenoxy) is 3. The Morgan fingerprint density at radius 3 is 2.32 bits per heavy atom. The van der Waals surface area contributed by atoms with Gasteiger partial charge in [0, 0.05) is 6.54 Å². The van der Waals surface area contributed by atoms with Gasteiger partial charge in [0.2, 0.25) is 0 Å². The van der Waals surface area contributed by atoms with Crippen molar-refractivity contribution in [2.75, 3.05) is 19.7 Å². The monoisotopic (exact) mass is 306 g/mol. The van der Waals surface area contributed by atoms with Crippen LogP contribution in [0.15, 0.2) is 24.3 Å². The first-order valence-electron chi connectivity index (χ1n) is 7.12. The first-order chi connectivity index (χ1) is 10.4. The van der Waals surface area contributed by atoms with Crippen molar-refractivity contribution in [2.45, 2.75) is 33.3 Å². The maximum atomic E-state index is 11.9. The molecular formula is C16H22N2O4. The molecule has 0 N–H and O–H groups in total. The van der Waals surface area contributed by atoms with Gasteiger partial charge < -0.3 is 19.1 Å². The average Bonchev–Trinajstić information content (AvgIpc) is 2.43. The van der Waals surface area contributed by atoms with Gasteiger partial charge in [-0.2, -0.15) is 0 Å². The van der Waals surface area contributed by atoms with Crippen LogP contribution in [0.5, 0.6) is 11.5 Å². The van der Waals surface area contributed by atoms with Crippen LogP contribution in [0, 0.1) is 11.5 Å². The van der Waals surface area contributed by atoms with Crippen LogP contribution in [0.2, 0.25) is 0 Å². The lowest BCUT2D eigenvalue weighted by Gasteiger charge is -2.26. The summed E-state index contributed by atoms with van der Waals surface area (Å²) in [7, 11) is 0. The largest absolute Gasteiger partial charge is 0.492 e. The minimum absolute atomic E-state index is 0.351. The first kappa shape index (κ1) is 17.6. The van der Waals surface area contributed by atoms with E-state index in [9.17, 15) is 4.79 Å². The third-order valence-corrected chi connectivity index (χ3v) is 2.65. The lowest BCUT2D eigenvalue weighted by atomic mass is 10.2. The van der Waals surface area contributed by atoms with E-state index in [1.54, 1.807) is 35.4 Å². The Bertz CT molecular complexity index is 514. The zero-order valence-electron chi connectivity index (χ0n) is 13.5. The molecule has 6 nitrogen and oxygen atoms in total. The standard InChI is InChI=1S/C16H22N2O4/c1-5-18(15(19)22-16(2,3)4)10-11-20-13-6-8-14(9-7-13)21-12-17/h6-9H,5,10-11H2,1-4H3. The Morgan fingerprint density at radius 2 is 1.82 bits per heavy atom. The number of amides is 1. The summed E-state index contributed by atoms with van der Waals surface area (Å²) in [6, 6.07) is 6.70. The van der Waals surface area contributed by atoms with Crippen LogP contribution in [0.4, 0.5) is 4.79 Å². The number of hydrogen-bond acceptors (Lipinski definition) is 5. The summed E-state index contributed by atoms with van der Waals surface area (Å²) in [4.78, 5) is 13.5. The van der Waals surface area contributed by atoms with Gasteiger partial charge in [-0.1, -0.05) is 0 Å². The van der Waals surface area contributed by atoms with Crippen molar-refractivity contribution >= 4 is 6.09 Å². The number of nitrogens with zero attached hydrogens (tertiary/aromatic N) is 2. The molecule has 1 amide bonds. The molecule has 0 saturated heterocycles. The highest BCUT2D eigenvalue weighted by molar-refractivity contribution is 5.68. The molecule has 0 aliphatic heterocycles. The SMILES string of the molecule is CCN(CCOc1ccc(OC#N)cc1)C(=O)OC(C)(C)C. The molecule has 0 aliphatic carbocycles. The number of carbonyl (C=O) groups is 1. The van der Waals surface area contributed by atoms with Crippen molar-refractivity contribution in [3.05, 3.63) is 24.3 Å². The smallest absolute Gasteiger partial charge is 0.410 e. The summed E-state index contributed by atoms with van der Waals surface area (Å²) >= 11 is 0. The molecule has 0 heterocycles. The van der Waals surface area contributed by atoms with Crippen LogP contribution in [-0.4, -0.2) is 36.3 Å². The predicted molar refractivity (Wildman–Crippen MR) is 81.7 cm³/mol. The third kappa shape index (κ3) is 6.35. The Kier molecular flexibility index (Phi) is 6.51. The van der Waals surface area contributed by atoms with Crippen molar-refractivity contribution < 1.29 is 19.0 Å². The van der Waals surface area contributed by atoms with Crippen LogP contribution >= 0.6 is 0 Å². The lowest BCUT2D eigenvalue weighted by Crippen LogP contribution is -2.38. The molecule has 0 unspecified atom stereocenters. The normalized spacial score (nSPS) is 10.5. The zero-order valence-corrected chi connectivity index (χ0v) is 13.5. The van der Waals surface area contributed by atoms with Crippen molar-refractivity contribution in [3.63, 3.8) is 0 Å². The summed E-state index contributed by atoms with van der Waals surface area (Å²) in [5.41, 5.74) is -0.512. The molecule has 0 spiro atoms. The topological polar surface area (TPSA) is 71.8 Å². The molecule has 1 aromatic rings. The quantitative estimate of drug-likeness (QED) is 0.755. The van der Waals surface area contributed by atoms with Crippen molar-refractivity contribution in [1.29, 1.82) is 5.26 Å².